The molecule has 71 heavy (non-hydrogen) atoms. The molecular weight excluding hydrogens is 937 g/mol. The van der Waals surface area contributed by atoms with Crippen LogP contribution in [0.4, 0.5) is 46.5 Å². The summed E-state index contributed by atoms with van der Waals surface area (Å²) in [5, 5.41) is 0. The van der Waals surface area contributed by atoms with Gasteiger partial charge in [-0.25, -0.2) is 19.4 Å². The quantitative estimate of drug-likeness (QED) is 0.106. The monoisotopic (exact) mass is 997 g/mol. The molecule has 4 aliphatic rings. The maximum Gasteiger partial charge on any atom is 0.416 e. The molecule has 384 valence electrons. The molecule has 4 fully saturated rings. The van der Waals surface area contributed by atoms with Crippen molar-refractivity contribution < 1.29 is 64.4 Å². The van der Waals surface area contributed by atoms with Gasteiger partial charge < -0.3 is 23.7 Å². The molecule has 0 radical (unpaired) electrons. The summed E-state index contributed by atoms with van der Waals surface area (Å²) in [6.45, 7) is 15.3. The minimum absolute atomic E-state index is 0.0532. The van der Waals surface area contributed by atoms with E-state index in [0.717, 1.165) is 79.1 Å². The van der Waals surface area contributed by atoms with Gasteiger partial charge in [-0.15, -0.1) is 0 Å². The second-order valence-corrected chi connectivity index (χ2v) is 18.9. The number of alkyl halides is 6. The zero-order valence-electron chi connectivity index (χ0n) is 41.0. The smallest absolute Gasteiger partial charge is 0.416 e. The molecule has 4 atom stereocenters. The molecule has 4 saturated heterocycles. The van der Waals surface area contributed by atoms with Gasteiger partial charge in [-0.2, -0.15) is 26.3 Å². The van der Waals surface area contributed by atoms with Crippen molar-refractivity contribution in [1.82, 2.24) is 19.8 Å². The summed E-state index contributed by atoms with van der Waals surface area (Å²) in [4.78, 5) is 52.6. The molecule has 0 unspecified atom stereocenters. The lowest BCUT2D eigenvalue weighted by Gasteiger charge is -2.34. The molecule has 0 saturated carbocycles. The van der Waals surface area contributed by atoms with Crippen LogP contribution in [-0.2, 0) is 55.5 Å². The van der Waals surface area contributed by atoms with Crippen molar-refractivity contribution in [2.45, 2.75) is 136 Å². The first-order chi connectivity index (χ1) is 33.6. The minimum Gasteiger partial charge on any atom is -0.449 e. The number of benzene rings is 2. The van der Waals surface area contributed by atoms with E-state index < -0.39 is 66.1 Å². The molecule has 4 aromatic rings. The molecular formula is C52H61F6N5O8. The average molecular weight is 998 g/mol. The molecule has 0 bridgehead atoms. The summed E-state index contributed by atoms with van der Waals surface area (Å²) in [6.07, 6.45) is -4.90. The normalized spacial score (nSPS) is 21.1. The van der Waals surface area contributed by atoms with E-state index >= 15 is 0 Å². The van der Waals surface area contributed by atoms with Gasteiger partial charge in [0.1, 0.15) is 18.0 Å². The first-order valence-corrected chi connectivity index (χ1v) is 23.9. The number of carbonyl (C=O) groups is 3. The Labute approximate surface area is 409 Å². The molecule has 13 nitrogen and oxygen atoms in total. The van der Waals surface area contributed by atoms with Crippen molar-refractivity contribution in [1.29, 1.82) is 0 Å². The number of halogens is 6. The van der Waals surface area contributed by atoms with Gasteiger partial charge in [-0.05, 0) is 145 Å². The van der Waals surface area contributed by atoms with Gasteiger partial charge >= 0.3 is 30.6 Å². The molecule has 2 aromatic carbocycles. The Morgan fingerprint density at radius 2 is 1.13 bits per heavy atom. The van der Waals surface area contributed by atoms with Gasteiger partial charge in [0.15, 0.2) is 0 Å². The zero-order valence-corrected chi connectivity index (χ0v) is 41.0. The Bertz CT molecular complexity index is 2550. The Kier molecular flexibility index (Phi) is 16.5. The SMILES string of the molecule is CCOC(=O)N(c1ncc(C)cc1CN1C(=O)O[C@H](c2cc(C)cc(C(F)(F)F)c2)[C@@H]1C)C1CCOCC1.Cc1cc([C@H]2OC(=O)N(Cc3cc(C)cnc3CC3CCOCC3)[C@H]2C)cc(C(F)(F)F)c1. The lowest BCUT2D eigenvalue weighted by Crippen LogP contribution is -2.45. The van der Waals surface area contributed by atoms with Crippen molar-refractivity contribution in [2.24, 2.45) is 5.92 Å². The summed E-state index contributed by atoms with van der Waals surface area (Å²) in [5.74, 6) is 0.857. The van der Waals surface area contributed by atoms with Gasteiger partial charge in [-0.1, -0.05) is 29.3 Å². The number of rotatable bonds is 11. The third-order valence-electron chi connectivity index (χ3n) is 13.3. The van der Waals surface area contributed by atoms with Crippen molar-refractivity contribution in [2.75, 3.05) is 37.9 Å². The first kappa shape index (κ1) is 52.9. The molecule has 2 aromatic heterocycles. The van der Waals surface area contributed by atoms with Crippen LogP contribution in [0.2, 0.25) is 0 Å². The number of cyclic esters (lactones) is 2. The van der Waals surface area contributed by atoms with Crippen LogP contribution in [0.15, 0.2) is 60.9 Å². The fraction of sp³-hybridized carbons (Fsp3) is 0.519. The van der Waals surface area contributed by atoms with Crippen LogP contribution >= 0.6 is 0 Å². The van der Waals surface area contributed by atoms with Gasteiger partial charge in [-0.3, -0.25) is 19.7 Å². The van der Waals surface area contributed by atoms with Crippen LogP contribution in [0.5, 0.6) is 0 Å². The molecule has 0 N–H and O–H groups in total. The van der Waals surface area contributed by atoms with Crippen LogP contribution in [0.3, 0.4) is 0 Å². The highest BCUT2D eigenvalue weighted by Crippen LogP contribution is 2.40. The number of ether oxygens (including phenoxy) is 5. The fourth-order valence-corrected chi connectivity index (χ4v) is 9.67. The van der Waals surface area contributed by atoms with E-state index in [2.05, 4.69) is 9.97 Å². The van der Waals surface area contributed by atoms with E-state index in [1.807, 2.05) is 39.1 Å². The van der Waals surface area contributed by atoms with Crippen LogP contribution < -0.4 is 4.90 Å². The van der Waals surface area contributed by atoms with Crippen LogP contribution in [0.1, 0.15) is 120 Å². The molecule has 19 heteroatoms. The number of aromatic nitrogens is 2. The average Bonchev–Trinajstić information content (AvgIpc) is 3.76. The van der Waals surface area contributed by atoms with E-state index in [0.29, 0.717) is 66.6 Å². The standard InChI is InChI=1S/C27H32F3N3O5.C25H29F3N2O3/c1-5-37-26(35)33(22-6-8-36-9-7-22)24-20(11-17(3)14-31-24)15-32-18(4)23(38-25(32)34)19-10-16(2)12-21(13-19)27(28,29)30;1-15-8-19(12-21(10-15)25(26,27)28)23-17(3)30(24(31)33-23)14-20-9-16(2)13-29-22(20)11-18-4-6-32-7-5-18/h10-14,18,22-23H,5-9,15H2,1-4H3;8-10,12-13,17-18,23H,4-7,11,14H2,1-3H3/t18-,23-;17-,23-/m00/s1. The Morgan fingerprint density at radius 1 is 0.662 bits per heavy atom. The summed E-state index contributed by atoms with van der Waals surface area (Å²) in [6, 6.07) is 10.2. The molecule has 6 heterocycles. The van der Waals surface area contributed by atoms with Crippen LogP contribution in [-0.4, -0.2) is 89.2 Å². The number of hydrogen-bond acceptors (Lipinski definition) is 10. The topological polar surface area (TPSA) is 133 Å². The van der Waals surface area contributed by atoms with Gasteiger partial charge in [0, 0.05) is 56.1 Å². The van der Waals surface area contributed by atoms with E-state index in [4.69, 9.17) is 23.7 Å². The summed E-state index contributed by atoms with van der Waals surface area (Å²) in [7, 11) is 0. The third-order valence-corrected chi connectivity index (χ3v) is 13.3. The Hall–Kier alpha value is -5.95. The van der Waals surface area contributed by atoms with E-state index in [-0.39, 0.29) is 24.8 Å². The lowest BCUT2D eigenvalue weighted by atomic mass is 9.92. The summed E-state index contributed by atoms with van der Waals surface area (Å²) in [5.41, 5.74) is 4.32. The van der Waals surface area contributed by atoms with Gasteiger partial charge in [0.05, 0.1) is 42.9 Å². The second kappa shape index (κ2) is 22.2. The largest absolute Gasteiger partial charge is 0.449 e. The van der Waals surface area contributed by atoms with Crippen molar-refractivity contribution >= 4 is 24.1 Å². The van der Waals surface area contributed by atoms with Crippen molar-refractivity contribution in [3.8, 4) is 0 Å². The summed E-state index contributed by atoms with van der Waals surface area (Å²) >= 11 is 0. The number of hydrogen-bond donors (Lipinski definition) is 0. The Balaban J connectivity index is 0.000000211. The molecule has 8 rings (SSSR count). The number of amides is 3. The minimum atomic E-state index is -4.52. The fourth-order valence-electron chi connectivity index (χ4n) is 9.67. The molecule has 0 aliphatic carbocycles. The summed E-state index contributed by atoms with van der Waals surface area (Å²) < 4.78 is 108. The highest BCUT2D eigenvalue weighted by molar-refractivity contribution is 5.88. The number of pyridine rings is 2. The van der Waals surface area contributed by atoms with Crippen molar-refractivity contribution in [3.05, 3.63) is 122 Å². The number of anilines is 1. The molecule has 0 spiro atoms. The van der Waals surface area contributed by atoms with Gasteiger partial charge in [0.25, 0.3) is 0 Å². The third kappa shape index (κ3) is 12.8. The maximum absolute atomic E-state index is 13.4. The van der Waals surface area contributed by atoms with E-state index in [1.165, 1.54) is 9.80 Å². The van der Waals surface area contributed by atoms with Crippen LogP contribution in [0.25, 0.3) is 0 Å². The maximum atomic E-state index is 13.4. The van der Waals surface area contributed by atoms with Gasteiger partial charge in [0.2, 0.25) is 0 Å². The Morgan fingerprint density at radius 3 is 1.62 bits per heavy atom. The second-order valence-electron chi connectivity index (χ2n) is 18.9. The zero-order chi connectivity index (χ0) is 51.4. The van der Waals surface area contributed by atoms with Crippen molar-refractivity contribution in [3.63, 3.8) is 0 Å². The lowest BCUT2D eigenvalue weighted by molar-refractivity contribution is -0.138. The molecule has 4 aliphatic heterocycles. The van der Waals surface area contributed by atoms with Crippen LogP contribution in [0, 0.1) is 33.6 Å². The number of carbonyl (C=O) groups excluding carboxylic acids is 3. The van der Waals surface area contributed by atoms with E-state index in [1.54, 1.807) is 50.9 Å². The molecule has 3 amide bonds. The highest BCUT2D eigenvalue weighted by atomic mass is 19.4. The van der Waals surface area contributed by atoms with E-state index in [9.17, 15) is 40.7 Å². The first-order valence-electron chi connectivity index (χ1n) is 23.9. The predicted octanol–water partition coefficient (Wildman–Crippen LogP) is 11.7. The number of aryl methyl sites for hydroxylation is 4. The number of nitrogens with zero attached hydrogens (tertiary/aromatic N) is 5. The highest BCUT2D eigenvalue weighted by Gasteiger charge is 2.44. The predicted molar refractivity (Wildman–Crippen MR) is 249 cm³/mol.